The number of hydrogen-bond donors (Lipinski definition) is 1. The van der Waals surface area contributed by atoms with E-state index in [1.807, 2.05) is 13.0 Å². The third-order valence-corrected chi connectivity index (χ3v) is 4.18. The molecule has 0 aromatic carbocycles. The Bertz CT molecular complexity index is 596. The molecule has 5 nitrogen and oxygen atoms in total. The van der Waals surface area contributed by atoms with Crippen LogP contribution in [0.3, 0.4) is 0 Å². The van der Waals surface area contributed by atoms with Crippen molar-refractivity contribution in [1.82, 2.24) is 4.98 Å². The van der Waals surface area contributed by atoms with E-state index in [4.69, 9.17) is 9.47 Å². The van der Waals surface area contributed by atoms with Crippen LogP contribution in [0.5, 0.6) is 5.88 Å². The van der Waals surface area contributed by atoms with Gasteiger partial charge in [0.25, 0.3) is 0 Å². The van der Waals surface area contributed by atoms with Gasteiger partial charge in [0, 0.05) is 11.8 Å². The zero-order chi connectivity index (χ0) is 16.3. The number of rotatable bonds is 3. The molecule has 1 aromatic rings. The van der Waals surface area contributed by atoms with Crippen molar-refractivity contribution >= 4 is 5.97 Å². The Morgan fingerprint density at radius 3 is 2.77 bits per heavy atom. The van der Waals surface area contributed by atoms with Gasteiger partial charge in [-0.1, -0.05) is 24.6 Å². The Morgan fingerprint density at radius 1 is 1.45 bits per heavy atom. The molecule has 5 heteroatoms. The van der Waals surface area contributed by atoms with Crippen molar-refractivity contribution in [1.29, 1.82) is 0 Å². The fourth-order valence-corrected chi connectivity index (χ4v) is 3.25. The Labute approximate surface area is 131 Å². The van der Waals surface area contributed by atoms with Crippen LogP contribution in [0.1, 0.15) is 31.5 Å². The van der Waals surface area contributed by atoms with Gasteiger partial charge in [0.1, 0.15) is 5.41 Å². The Balaban J connectivity index is 2.67. The smallest absolute Gasteiger partial charge is 0.319 e. The summed E-state index contributed by atoms with van der Waals surface area (Å²) < 4.78 is 10.2. The zero-order valence-corrected chi connectivity index (χ0v) is 13.5. The van der Waals surface area contributed by atoms with Crippen molar-refractivity contribution in [3.8, 4) is 5.88 Å². The molecule has 1 heterocycles. The fraction of sp³-hybridized carbons (Fsp3) is 0.529. The number of aliphatic hydroxyl groups is 1. The summed E-state index contributed by atoms with van der Waals surface area (Å²) >= 11 is 0. The lowest BCUT2D eigenvalue weighted by Gasteiger charge is -2.33. The summed E-state index contributed by atoms with van der Waals surface area (Å²) in [5.41, 5.74) is 1.45. The highest BCUT2D eigenvalue weighted by Crippen LogP contribution is 2.38. The summed E-state index contributed by atoms with van der Waals surface area (Å²) in [6.07, 6.45) is 3.22. The van der Waals surface area contributed by atoms with Gasteiger partial charge in [-0.15, -0.1) is 0 Å². The molecule has 0 saturated heterocycles. The van der Waals surface area contributed by atoms with Crippen LogP contribution in [0.4, 0.5) is 0 Å². The standard InChI is InChI=1S/C17H23NO4/c1-11-7-12(2)9-17(10-19,16(20)22-4)13-5-6-15(21-3)18-14(13)8-11/h5-7,11,19H,8-10H2,1-4H3/b12-7-. The molecule has 22 heavy (non-hydrogen) atoms. The van der Waals surface area contributed by atoms with Gasteiger partial charge in [-0.3, -0.25) is 4.79 Å². The molecule has 0 spiro atoms. The van der Waals surface area contributed by atoms with E-state index in [0.717, 1.165) is 16.8 Å². The second kappa shape index (κ2) is 6.48. The first-order valence-electron chi connectivity index (χ1n) is 7.37. The van der Waals surface area contributed by atoms with E-state index in [9.17, 15) is 9.90 Å². The average molecular weight is 305 g/mol. The summed E-state index contributed by atoms with van der Waals surface area (Å²) in [5, 5.41) is 10.0. The van der Waals surface area contributed by atoms with E-state index in [-0.39, 0.29) is 6.61 Å². The largest absolute Gasteiger partial charge is 0.481 e. The molecule has 2 unspecified atom stereocenters. The predicted octanol–water partition coefficient (Wildman–Crippen LogP) is 2.02. The third-order valence-electron chi connectivity index (χ3n) is 4.18. The number of esters is 1. The molecule has 0 saturated carbocycles. The number of allylic oxidation sites excluding steroid dienone is 2. The molecular weight excluding hydrogens is 282 g/mol. The summed E-state index contributed by atoms with van der Waals surface area (Å²) in [4.78, 5) is 17.0. The molecule has 2 atom stereocenters. The summed E-state index contributed by atoms with van der Waals surface area (Å²) in [6.45, 7) is 3.77. The second-order valence-electron chi connectivity index (χ2n) is 5.95. The fourth-order valence-electron chi connectivity index (χ4n) is 3.25. The number of fused-ring (bicyclic) bond motifs is 1. The van der Waals surface area contributed by atoms with Crippen LogP contribution in [0.2, 0.25) is 0 Å². The lowest BCUT2D eigenvalue weighted by Crippen LogP contribution is -2.42. The van der Waals surface area contributed by atoms with E-state index in [0.29, 0.717) is 24.6 Å². The van der Waals surface area contributed by atoms with Gasteiger partial charge in [-0.2, -0.15) is 0 Å². The minimum atomic E-state index is -1.11. The van der Waals surface area contributed by atoms with Crippen molar-refractivity contribution < 1.29 is 19.4 Å². The quantitative estimate of drug-likeness (QED) is 0.683. The molecule has 1 aliphatic carbocycles. The second-order valence-corrected chi connectivity index (χ2v) is 5.95. The predicted molar refractivity (Wildman–Crippen MR) is 82.8 cm³/mol. The average Bonchev–Trinajstić information content (AvgIpc) is 2.50. The number of ether oxygens (including phenoxy) is 2. The van der Waals surface area contributed by atoms with E-state index in [2.05, 4.69) is 18.0 Å². The normalized spacial score (nSPS) is 27.0. The number of aliphatic hydroxyl groups excluding tert-OH is 1. The number of carbonyl (C=O) groups excluding carboxylic acids is 1. The van der Waals surface area contributed by atoms with Crippen LogP contribution in [0.25, 0.3) is 0 Å². The van der Waals surface area contributed by atoms with Crippen LogP contribution in [0, 0.1) is 5.92 Å². The number of nitrogens with zero attached hydrogens (tertiary/aromatic N) is 1. The van der Waals surface area contributed by atoms with E-state index in [1.54, 1.807) is 13.2 Å². The maximum atomic E-state index is 12.5. The van der Waals surface area contributed by atoms with E-state index < -0.39 is 11.4 Å². The van der Waals surface area contributed by atoms with Crippen LogP contribution in [0.15, 0.2) is 23.8 Å². The van der Waals surface area contributed by atoms with Crippen molar-refractivity contribution in [2.45, 2.75) is 32.1 Å². The SMILES string of the molecule is COC(=O)C1(CO)C/C(C)=C\C(C)Cc2nc(OC)ccc21. The Kier molecular flexibility index (Phi) is 4.86. The first-order valence-corrected chi connectivity index (χ1v) is 7.37. The van der Waals surface area contributed by atoms with Crippen molar-refractivity contribution in [3.63, 3.8) is 0 Å². The van der Waals surface area contributed by atoms with Gasteiger partial charge in [0.2, 0.25) is 5.88 Å². The molecule has 0 aliphatic heterocycles. The first kappa shape index (κ1) is 16.5. The highest BCUT2D eigenvalue weighted by atomic mass is 16.5. The highest BCUT2D eigenvalue weighted by molar-refractivity contribution is 5.84. The van der Waals surface area contributed by atoms with Crippen LogP contribution >= 0.6 is 0 Å². The first-order chi connectivity index (χ1) is 10.5. The highest BCUT2D eigenvalue weighted by Gasteiger charge is 2.44. The van der Waals surface area contributed by atoms with Crippen LogP contribution in [-0.2, 0) is 21.4 Å². The number of methoxy groups -OCH3 is 2. The maximum absolute atomic E-state index is 12.5. The van der Waals surface area contributed by atoms with Gasteiger partial charge in [-0.25, -0.2) is 4.98 Å². The molecular formula is C17H23NO4. The number of hydrogen-bond acceptors (Lipinski definition) is 5. The van der Waals surface area contributed by atoms with Gasteiger partial charge >= 0.3 is 5.97 Å². The maximum Gasteiger partial charge on any atom is 0.319 e. The molecule has 1 N–H and O–H groups in total. The van der Waals surface area contributed by atoms with E-state index in [1.165, 1.54) is 7.11 Å². The molecule has 120 valence electrons. The topological polar surface area (TPSA) is 68.7 Å². The molecule has 2 rings (SSSR count). The lowest BCUT2D eigenvalue weighted by molar-refractivity contribution is -0.149. The van der Waals surface area contributed by atoms with Gasteiger partial charge < -0.3 is 14.6 Å². The monoisotopic (exact) mass is 305 g/mol. The molecule has 0 amide bonds. The van der Waals surface area contributed by atoms with Crippen molar-refractivity contribution in [2.24, 2.45) is 5.92 Å². The Morgan fingerprint density at radius 2 is 2.18 bits per heavy atom. The Hall–Kier alpha value is -1.88. The molecule has 0 bridgehead atoms. The van der Waals surface area contributed by atoms with Crippen molar-refractivity contribution in [2.75, 3.05) is 20.8 Å². The van der Waals surface area contributed by atoms with Crippen molar-refractivity contribution in [3.05, 3.63) is 35.0 Å². The lowest BCUT2D eigenvalue weighted by atomic mass is 9.72. The number of aromatic nitrogens is 1. The molecule has 1 aliphatic rings. The minimum absolute atomic E-state index is 0.299. The minimum Gasteiger partial charge on any atom is -0.481 e. The van der Waals surface area contributed by atoms with Gasteiger partial charge in [0.05, 0.1) is 20.8 Å². The number of carbonyl (C=O) groups is 1. The summed E-state index contributed by atoms with van der Waals surface area (Å²) in [6, 6.07) is 3.54. The summed E-state index contributed by atoms with van der Waals surface area (Å²) in [7, 11) is 2.90. The summed E-state index contributed by atoms with van der Waals surface area (Å²) in [5.74, 6) is 0.363. The third kappa shape index (κ3) is 2.86. The van der Waals surface area contributed by atoms with Gasteiger partial charge in [0.15, 0.2) is 0 Å². The molecule has 0 fully saturated rings. The zero-order valence-electron chi connectivity index (χ0n) is 13.5. The van der Waals surface area contributed by atoms with Gasteiger partial charge in [-0.05, 0) is 31.2 Å². The van der Waals surface area contributed by atoms with Crippen LogP contribution in [-0.4, -0.2) is 36.9 Å². The van der Waals surface area contributed by atoms with Crippen LogP contribution < -0.4 is 4.74 Å². The molecule has 0 radical (unpaired) electrons. The molecule has 1 aromatic heterocycles. The van der Waals surface area contributed by atoms with E-state index >= 15 is 0 Å². The number of pyridine rings is 1.